The molecule has 0 atom stereocenters. The van der Waals surface area contributed by atoms with E-state index in [9.17, 15) is 4.79 Å². The van der Waals surface area contributed by atoms with Crippen molar-refractivity contribution in [1.82, 2.24) is 0 Å². The lowest BCUT2D eigenvalue weighted by Gasteiger charge is -1.87. The van der Waals surface area contributed by atoms with E-state index in [-0.39, 0.29) is 0 Å². The Morgan fingerprint density at radius 3 is 3.25 bits per heavy atom. The van der Waals surface area contributed by atoms with Gasteiger partial charge in [-0.25, -0.2) is 0 Å². The summed E-state index contributed by atoms with van der Waals surface area (Å²) < 4.78 is 5.05. The first-order chi connectivity index (χ1) is 5.93. The number of furan rings is 1. The zero-order valence-corrected chi connectivity index (χ0v) is 7.29. The summed E-state index contributed by atoms with van der Waals surface area (Å²) in [7, 11) is 0. The van der Waals surface area contributed by atoms with Crippen molar-refractivity contribution in [2.24, 2.45) is 4.99 Å². The van der Waals surface area contributed by atoms with Gasteiger partial charge in [0.15, 0.2) is 0 Å². The van der Waals surface area contributed by atoms with Crippen LogP contribution < -0.4 is 0 Å². The van der Waals surface area contributed by atoms with Crippen molar-refractivity contribution in [2.75, 3.05) is 5.75 Å². The number of hydrogen-bond donors (Lipinski definition) is 0. The van der Waals surface area contributed by atoms with Crippen molar-refractivity contribution in [3.63, 3.8) is 0 Å². The molecule has 1 aromatic rings. The maximum absolute atomic E-state index is 9.90. The monoisotopic (exact) mass is 183 g/mol. The number of aliphatic imine (C=N–C) groups is 1. The molecule has 12 heavy (non-hydrogen) atoms. The van der Waals surface area contributed by atoms with E-state index in [4.69, 9.17) is 4.42 Å². The Labute approximate surface area is 74.9 Å². The summed E-state index contributed by atoms with van der Waals surface area (Å²) in [6.45, 7) is 0.541. The quantitative estimate of drug-likeness (QED) is 0.302. The van der Waals surface area contributed by atoms with E-state index in [0.29, 0.717) is 12.3 Å². The molecule has 4 heteroatoms. The van der Waals surface area contributed by atoms with Crippen LogP contribution in [0.15, 0.2) is 27.8 Å². The molecule has 3 nitrogen and oxygen atoms in total. The maximum atomic E-state index is 9.90. The molecule has 0 unspecified atom stereocenters. The lowest BCUT2D eigenvalue weighted by molar-refractivity contribution is -0.105. The molecule has 0 N–H and O–H groups in total. The summed E-state index contributed by atoms with van der Waals surface area (Å²) in [6, 6.07) is 3.69. The molecule has 0 fully saturated rings. The van der Waals surface area contributed by atoms with Gasteiger partial charge in [0.1, 0.15) is 12.0 Å². The summed E-state index contributed by atoms with van der Waals surface area (Å²) in [4.78, 5) is 13.9. The molecule has 0 spiro atoms. The van der Waals surface area contributed by atoms with Crippen molar-refractivity contribution in [3.8, 4) is 0 Å². The topological polar surface area (TPSA) is 42.6 Å². The predicted octanol–water partition coefficient (Wildman–Crippen LogP) is 1.74. The van der Waals surface area contributed by atoms with E-state index in [0.717, 1.165) is 12.0 Å². The molecule has 0 aliphatic rings. The van der Waals surface area contributed by atoms with E-state index >= 15 is 0 Å². The van der Waals surface area contributed by atoms with E-state index in [1.54, 1.807) is 11.8 Å². The molecule has 0 amide bonds. The minimum atomic E-state index is 0.460. The summed E-state index contributed by atoms with van der Waals surface area (Å²) in [5.74, 6) is 1.29. The molecule has 0 radical (unpaired) electrons. The van der Waals surface area contributed by atoms with Crippen LogP contribution in [0.3, 0.4) is 0 Å². The molecule has 1 rings (SSSR count). The molecule has 1 aromatic heterocycles. The zero-order valence-electron chi connectivity index (χ0n) is 6.47. The van der Waals surface area contributed by atoms with Gasteiger partial charge in [-0.2, -0.15) is 0 Å². The van der Waals surface area contributed by atoms with Gasteiger partial charge in [0.25, 0.3) is 0 Å². The molecule has 0 saturated heterocycles. The van der Waals surface area contributed by atoms with Gasteiger partial charge >= 0.3 is 0 Å². The fourth-order valence-corrected chi connectivity index (χ4v) is 1.01. The fourth-order valence-electron chi connectivity index (χ4n) is 0.665. The highest BCUT2D eigenvalue weighted by Crippen LogP contribution is 2.01. The van der Waals surface area contributed by atoms with Gasteiger partial charge in [0, 0.05) is 0 Å². The van der Waals surface area contributed by atoms with Crippen molar-refractivity contribution in [3.05, 3.63) is 24.2 Å². The van der Waals surface area contributed by atoms with Crippen LogP contribution in [0.2, 0.25) is 0 Å². The summed E-state index contributed by atoms with van der Waals surface area (Å²) in [6.07, 6.45) is 2.47. The Balaban J connectivity index is 2.17. The molecule has 1 heterocycles. The fraction of sp³-hybridized carbons (Fsp3) is 0.250. The average molecular weight is 183 g/mol. The molecular formula is C8H9NO2S. The first-order valence-corrected chi connectivity index (χ1v) is 4.54. The van der Waals surface area contributed by atoms with Crippen molar-refractivity contribution in [1.29, 1.82) is 0 Å². The normalized spacial score (nSPS) is 10.7. The molecule has 64 valence electrons. The Kier molecular flexibility index (Phi) is 4.23. The van der Waals surface area contributed by atoms with Gasteiger partial charge in [-0.1, -0.05) is 0 Å². The number of carbonyl (C=O) groups is 1. The van der Waals surface area contributed by atoms with Crippen molar-refractivity contribution in [2.45, 2.75) is 6.54 Å². The molecule has 0 aliphatic heterocycles. The minimum Gasteiger partial charge on any atom is -0.467 e. The third kappa shape index (κ3) is 3.39. The van der Waals surface area contributed by atoms with Crippen LogP contribution in [0.4, 0.5) is 0 Å². The van der Waals surface area contributed by atoms with Crippen LogP contribution in [0.5, 0.6) is 0 Å². The maximum Gasteiger partial charge on any atom is 0.130 e. The smallest absolute Gasteiger partial charge is 0.130 e. The van der Waals surface area contributed by atoms with E-state index < -0.39 is 0 Å². The third-order valence-corrected chi connectivity index (χ3v) is 1.77. The third-order valence-electron chi connectivity index (χ3n) is 1.14. The summed E-state index contributed by atoms with van der Waals surface area (Å²) >= 11 is 1.37. The van der Waals surface area contributed by atoms with Gasteiger partial charge < -0.3 is 9.21 Å². The highest BCUT2D eigenvalue weighted by molar-refractivity contribution is 8.12. The van der Waals surface area contributed by atoms with Crippen LogP contribution in [-0.2, 0) is 11.3 Å². The molecule has 0 aliphatic carbocycles. The van der Waals surface area contributed by atoms with E-state index in [1.165, 1.54) is 11.8 Å². The van der Waals surface area contributed by atoms with Crippen LogP contribution in [0.25, 0.3) is 0 Å². The Hall–Kier alpha value is -1.03. The van der Waals surface area contributed by atoms with E-state index in [2.05, 4.69) is 4.99 Å². The number of aldehydes is 1. The van der Waals surface area contributed by atoms with Gasteiger partial charge in [-0.05, 0) is 12.1 Å². The SMILES string of the molecule is O=CCSC=NCc1ccco1. The molecule has 0 saturated carbocycles. The Morgan fingerprint density at radius 1 is 1.67 bits per heavy atom. The number of rotatable bonds is 5. The molecule has 0 bridgehead atoms. The Morgan fingerprint density at radius 2 is 2.58 bits per heavy atom. The lowest BCUT2D eigenvalue weighted by Crippen LogP contribution is -1.79. The highest BCUT2D eigenvalue weighted by Gasteiger charge is 1.89. The second kappa shape index (κ2) is 5.60. The highest BCUT2D eigenvalue weighted by atomic mass is 32.2. The molecule has 0 aromatic carbocycles. The lowest BCUT2D eigenvalue weighted by atomic mass is 10.5. The number of thioether (sulfide) groups is 1. The largest absolute Gasteiger partial charge is 0.467 e. The van der Waals surface area contributed by atoms with Gasteiger partial charge in [0.2, 0.25) is 0 Å². The van der Waals surface area contributed by atoms with Crippen molar-refractivity contribution >= 4 is 23.6 Å². The molecular weight excluding hydrogens is 174 g/mol. The average Bonchev–Trinajstić information content (AvgIpc) is 2.57. The van der Waals surface area contributed by atoms with E-state index in [1.807, 2.05) is 12.1 Å². The summed E-state index contributed by atoms with van der Waals surface area (Å²) in [5.41, 5.74) is 1.66. The first kappa shape index (κ1) is 9.06. The summed E-state index contributed by atoms with van der Waals surface area (Å²) in [5, 5.41) is 0. The van der Waals surface area contributed by atoms with Gasteiger partial charge in [0.05, 0.1) is 24.1 Å². The predicted molar refractivity (Wildman–Crippen MR) is 49.4 cm³/mol. The van der Waals surface area contributed by atoms with Gasteiger partial charge in [-0.3, -0.25) is 4.99 Å². The minimum absolute atomic E-state index is 0.460. The first-order valence-electron chi connectivity index (χ1n) is 3.49. The van der Waals surface area contributed by atoms with Crippen LogP contribution in [0.1, 0.15) is 5.76 Å². The number of nitrogens with zero attached hydrogens (tertiary/aromatic N) is 1. The number of hydrogen-bond acceptors (Lipinski definition) is 4. The second-order valence-corrected chi connectivity index (χ2v) is 2.90. The van der Waals surface area contributed by atoms with Crippen LogP contribution in [-0.4, -0.2) is 17.6 Å². The van der Waals surface area contributed by atoms with Crippen molar-refractivity contribution < 1.29 is 9.21 Å². The zero-order chi connectivity index (χ0) is 8.65. The van der Waals surface area contributed by atoms with Crippen LogP contribution >= 0.6 is 11.8 Å². The standard InChI is InChI=1S/C8H9NO2S/c10-3-5-12-7-9-6-8-2-1-4-11-8/h1-4,7H,5-6H2. The number of carbonyl (C=O) groups excluding carboxylic acids is 1. The second-order valence-electron chi connectivity index (χ2n) is 2.03. The van der Waals surface area contributed by atoms with Crippen LogP contribution in [0, 0.1) is 0 Å². The van der Waals surface area contributed by atoms with Gasteiger partial charge in [-0.15, -0.1) is 11.8 Å². The Bertz CT molecular complexity index is 244.